The summed E-state index contributed by atoms with van der Waals surface area (Å²) >= 11 is 0. The van der Waals surface area contributed by atoms with Gasteiger partial charge in [-0.3, -0.25) is 14.5 Å². The molecule has 0 saturated heterocycles. The molecule has 0 fully saturated rings. The number of amides is 2. The number of nitrogens with zero attached hydrogens (tertiary/aromatic N) is 1. The Morgan fingerprint density at radius 1 is 0.880 bits per heavy atom. The lowest BCUT2D eigenvalue weighted by atomic mass is 10.1. The van der Waals surface area contributed by atoms with Gasteiger partial charge in [0.2, 0.25) is 11.8 Å². The van der Waals surface area contributed by atoms with E-state index in [2.05, 4.69) is 10.6 Å². The van der Waals surface area contributed by atoms with Crippen LogP contribution in [0.4, 0.5) is 5.69 Å². The molecule has 0 heterocycles. The Labute approximate surface area is 149 Å². The predicted molar refractivity (Wildman–Crippen MR) is 100 cm³/mol. The van der Waals surface area contributed by atoms with Gasteiger partial charge in [-0.2, -0.15) is 0 Å². The van der Waals surface area contributed by atoms with E-state index in [0.29, 0.717) is 6.54 Å². The van der Waals surface area contributed by atoms with Gasteiger partial charge in [-0.1, -0.05) is 48.5 Å². The lowest BCUT2D eigenvalue weighted by Gasteiger charge is -2.17. The highest BCUT2D eigenvalue weighted by atomic mass is 16.2. The van der Waals surface area contributed by atoms with Crippen molar-refractivity contribution in [1.82, 2.24) is 10.2 Å². The Hall–Kier alpha value is -2.66. The Balaban J connectivity index is 1.78. The van der Waals surface area contributed by atoms with Crippen molar-refractivity contribution in [1.29, 1.82) is 0 Å². The van der Waals surface area contributed by atoms with E-state index < -0.39 is 0 Å². The van der Waals surface area contributed by atoms with Crippen molar-refractivity contribution in [2.45, 2.75) is 20.4 Å². The van der Waals surface area contributed by atoms with Crippen molar-refractivity contribution in [3.05, 3.63) is 65.2 Å². The van der Waals surface area contributed by atoms with E-state index >= 15 is 0 Å². The van der Waals surface area contributed by atoms with Crippen LogP contribution < -0.4 is 10.6 Å². The average molecular weight is 339 g/mol. The summed E-state index contributed by atoms with van der Waals surface area (Å²) in [7, 11) is 1.76. The van der Waals surface area contributed by atoms with Crippen LogP contribution >= 0.6 is 0 Å². The lowest BCUT2D eigenvalue weighted by molar-refractivity contribution is -0.123. The van der Waals surface area contributed by atoms with Gasteiger partial charge >= 0.3 is 0 Å². The van der Waals surface area contributed by atoms with Gasteiger partial charge in [-0.15, -0.1) is 0 Å². The Morgan fingerprint density at radius 2 is 1.48 bits per heavy atom. The van der Waals surface area contributed by atoms with Gasteiger partial charge in [0.15, 0.2) is 0 Å². The highest BCUT2D eigenvalue weighted by Crippen LogP contribution is 2.19. The van der Waals surface area contributed by atoms with Gasteiger partial charge in [-0.05, 0) is 37.6 Å². The van der Waals surface area contributed by atoms with Gasteiger partial charge in [0.1, 0.15) is 0 Å². The molecule has 2 rings (SSSR count). The summed E-state index contributed by atoms with van der Waals surface area (Å²) in [5.41, 5.74) is 3.94. The molecular weight excluding hydrogens is 314 g/mol. The third-order valence-corrected chi connectivity index (χ3v) is 3.91. The summed E-state index contributed by atoms with van der Waals surface area (Å²) in [5.74, 6) is -0.234. The van der Waals surface area contributed by atoms with E-state index in [4.69, 9.17) is 0 Å². The molecule has 0 unspecified atom stereocenters. The minimum absolute atomic E-state index is 0.105. The van der Waals surface area contributed by atoms with Gasteiger partial charge < -0.3 is 10.6 Å². The standard InChI is InChI=1S/C20H25N3O2/c1-15-8-7-9-16(2)20(15)22-19(25)14-23(3)13-18(24)21-12-17-10-5-4-6-11-17/h4-11H,12-14H2,1-3H3,(H,21,24)(H,22,25). The van der Waals surface area contributed by atoms with E-state index in [1.165, 1.54) is 0 Å². The van der Waals surface area contributed by atoms with Gasteiger partial charge in [0.25, 0.3) is 0 Å². The van der Waals surface area contributed by atoms with Crippen LogP contribution in [0.5, 0.6) is 0 Å². The number of benzene rings is 2. The van der Waals surface area contributed by atoms with Crippen molar-refractivity contribution < 1.29 is 9.59 Å². The van der Waals surface area contributed by atoms with Crippen molar-refractivity contribution in [3.8, 4) is 0 Å². The number of nitrogens with one attached hydrogen (secondary N) is 2. The maximum atomic E-state index is 12.2. The van der Waals surface area contributed by atoms with Crippen molar-refractivity contribution in [2.75, 3.05) is 25.5 Å². The van der Waals surface area contributed by atoms with Crippen LogP contribution in [0.2, 0.25) is 0 Å². The normalized spacial score (nSPS) is 10.6. The zero-order valence-electron chi connectivity index (χ0n) is 15.0. The molecule has 2 aromatic rings. The Kier molecular flexibility index (Phi) is 6.71. The first kappa shape index (κ1) is 18.7. The molecule has 0 radical (unpaired) electrons. The molecule has 2 aromatic carbocycles. The molecule has 25 heavy (non-hydrogen) atoms. The average Bonchev–Trinajstić information content (AvgIpc) is 2.57. The first-order valence-corrected chi connectivity index (χ1v) is 8.31. The van der Waals surface area contributed by atoms with Gasteiger partial charge in [0, 0.05) is 12.2 Å². The molecule has 0 saturated carbocycles. The SMILES string of the molecule is Cc1cccc(C)c1NC(=O)CN(C)CC(=O)NCc1ccccc1. The number of anilines is 1. The lowest BCUT2D eigenvalue weighted by Crippen LogP contribution is -2.38. The molecule has 2 amide bonds. The quantitative estimate of drug-likeness (QED) is 0.815. The van der Waals surface area contributed by atoms with E-state index in [0.717, 1.165) is 22.4 Å². The highest BCUT2D eigenvalue weighted by Gasteiger charge is 2.12. The maximum absolute atomic E-state index is 12.2. The molecule has 0 aliphatic rings. The number of aryl methyl sites for hydroxylation is 2. The molecule has 0 aromatic heterocycles. The zero-order chi connectivity index (χ0) is 18.2. The fourth-order valence-electron chi connectivity index (χ4n) is 2.59. The molecule has 5 heteroatoms. The molecule has 0 atom stereocenters. The van der Waals surface area contributed by atoms with Crippen LogP contribution in [0.15, 0.2) is 48.5 Å². The van der Waals surface area contributed by atoms with Crippen LogP contribution in [0, 0.1) is 13.8 Å². The predicted octanol–water partition coefficient (Wildman–Crippen LogP) is 2.49. The summed E-state index contributed by atoms with van der Waals surface area (Å²) in [6.45, 7) is 4.74. The molecule has 5 nitrogen and oxygen atoms in total. The van der Waals surface area contributed by atoms with E-state index in [-0.39, 0.29) is 24.9 Å². The first-order chi connectivity index (χ1) is 12.0. The van der Waals surface area contributed by atoms with Crippen LogP contribution in [0.25, 0.3) is 0 Å². The van der Waals surface area contributed by atoms with Crippen LogP contribution in [-0.4, -0.2) is 36.9 Å². The number of rotatable bonds is 7. The molecule has 2 N–H and O–H groups in total. The summed E-state index contributed by atoms with van der Waals surface area (Å²) in [5, 5.41) is 5.79. The number of hydrogen-bond donors (Lipinski definition) is 2. The number of likely N-dealkylation sites (N-methyl/N-ethyl adjacent to an activating group) is 1. The summed E-state index contributed by atoms with van der Waals surface area (Å²) in [4.78, 5) is 25.9. The Morgan fingerprint density at radius 3 is 2.12 bits per heavy atom. The minimum Gasteiger partial charge on any atom is -0.351 e. The molecule has 0 bridgehead atoms. The number of carbonyl (C=O) groups is 2. The summed E-state index contributed by atoms with van der Waals surface area (Å²) in [6, 6.07) is 15.6. The Bertz CT molecular complexity index is 709. The fourth-order valence-corrected chi connectivity index (χ4v) is 2.59. The van der Waals surface area contributed by atoms with E-state index in [9.17, 15) is 9.59 Å². The monoisotopic (exact) mass is 339 g/mol. The van der Waals surface area contributed by atoms with E-state index in [1.54, 1.807) is 11.9 Å². The van der Waals surface area contributed by atoms with Crippen molar-refractivity contribution in [2.24, 2.45) is 0 Å². The van der Waals surface area contributed by atoms with Crippen molar-refractivity contribution in [3.63, 3.8) is 0 Å². The topological polar surface area (TPSA) is 61.4 Å². The second-order valence-electron chi connectivity index (χ2n) is 6.25. The van der Waals surface area contributed by atoms with Crippen LogP contribution in [-0.2, 0) is 16.1 Å². The van der Waals surface area contributed by atoms with Crippen molar-refractivity contribution >= 4 is 17.5 Å². The largest absolute Gasteiger partial charge is 0.351 e. The number of para-hydroxylation sites is 1. The van der Waals surface area contributed by atoms with Gasteiger partial charge in [0.05, 0.1) is 13.1 Å². The second-order valence-corrected chi connectivity index (χ2v) is 6.25. The molecule has 0 aliphatic heterocycles. The number of carbonyl (C=O) groups excluding carboxylic acids is 2. The third kappa shape index (κ3) is 6.04. The third-order valence-electron chi connectivity index (χ3n) is 3.91. The first-order valence-electron chi connectivity index (χ1n) is 8.31. The fraction of sp³-hybridized carbons (Fsp3) is 0.300. The summed E-state index contributed by atoms with van der Waals surface area (Å²) in [6.07, 6.45) is 0. The van der Waals surface area contributed by atoms with Gasteiger partial charge in [-0.25, -0.2) is 0 Å². The second kappa shape index (κ2) is 8.99. The van der Waals surface area contributed by atoms with Crippen LogP contribution in [0.3, 0.4) is 0 Å². The maximum Gasteiger partial charge on any atom is 0.238 e. The van der Waals surface area contributed by atoms with Crippen LogP contribution in [0.1, 0.15) is 16.7 Å². The highest BCUT2D eigenvalue weighted by molar-refractivity contribution is 5.94. The molecule has 132 valence electrons. The number of hydrogen-bond acceptors (Lipinski definition) is 3. The molecule has 0 spiro atoms. The zero-order valence-corrected chi connectivity index (χ0v) is 15.0. The van der Waals surface area contributed by atoms with E-state index in [1.807, 2.05) is 62.4 Å². The smallest absolute Gasteiger partial charge is 0.238 e. The minimum atomic E-state index is -0.129. The molecular formula is C20H25N3O2. The summed E-state index contributed by atoms with van der Waals surface area (Å²) < 4.78 is 0. The molecule has 0 aliphatic carbocycles.